The molecule has 0 saturated heterocycles. The summed E-state index contributed by atoms with van der Waals surface area (Å²) < 4.78 is 6.81. The first kappa shape index (κ1) is 11.3. The molecular formula is C12H16N4O. The number of nitrogens with zero attached hydrogens (tertiary/aromatic N) is 3. The van der Waals surface area contributed by atoms with Crippen LogP contribution in [0.2, 0.25) is 0 Å². The lowest BCUT2D eigenvalue weighted by molar-refractivity contribution is 0.414. The van der Waals surface area contributed by atoms with E-state index in [0.717, 1.165) is 17.3 Å². The lowest BCUT2D eigenvalue weighted by Crippen LogP contribution is -2.09. The van der Waals surface area contributed by atoms with E-state index in [9.17, 15) is 0 Å². The molecule has 0 amide bonds. The maximum Gasteiger partial charge on any atom is 0.152 e. The van der Waals surface area contributed by atoms with Crippen LogP contribution in [0, 0.1) is 0 Å². The monoisotopic (exact) mass is 232 g/mol. The number of methoxy groups -OCH3 is 1. The zero-order valence-corrected chi connectivity index (χ0v) is 10.2. The van der Waals surface area contributed by atoms with Gasteiger partial charge in [-0.05, 0) is 24.3 Å². The summed E-state index contributed by atoms with van der Waals surface area (Å²) in [5.74, 6) is 2.25. The molecule has 0 bridgehead atoms. The van der Waals surface area contributed by atoms with Crippen molar-refractivity contribution < 1.29 is 4.74 Å². The first-order valence-corrected chi connectivity index (χ1v) is 5.29. The fraction of sp³-hybridized carbons (Fsp3) is 0.250. The third-order valence-corrected chi connectivity index (χ3v) is 2.50. The standard InChI is InChI=1S/C12H16N4O/c1-15(2)12-8-11(13)16(14-12)9-4-6-10(17-3)7-5-9/h4-8H,13H2,1-3H3. The number of nitrogens with two attached hydrogens (primary N) is 1. The van der Waals surface area contributed by atoms with Gasteiger partial charge in [-0.25, -0.2) is 4.68 Å². The Kier molecular flexibility index (Phi) is 2.91. The van der Waals surface area contributed by atoms with Crippen LogP contribution in [-0.4, -0.2) is 31.0 Å². The minimum atomic E-state index is 0.610. The number of anilines is 2. The molecule has 0 saturated carbocycles. The smallest absolute Gasteiger partial charge is 0.152 e. The van der Waals surface area contributed by atoms with Crippen molar-refractivity contribution in [3.63, 3.8) is 0 Å². The zero-order chi connectivity index (χ0) is 12.4. The number of nitrogen functional groups attached to an aromatic ring is 1. The van der Waals surface area contributed by atoms with Crippen LogP contribution in [0.3, 0.4) is 0 Å². The highest BCUT2D eigenvalue weighted by Crippen LogP contribution is 2.20. The van der Waals surface area contributed by atoms with Crippen LogP contribution >= 0.6 is 0 Å². The molecule has 5 heteroatoms. The van der Waals surface area contributed by atoms with E-state index in [1.54, 1.807) is 11.8 Å². The average molecular weight is 232 g/mol. The zero-order valence-electron chi connectivity index (χ0n) is 10.2. The maximum atomic E-state index is 5.92. The second-order valence-electron chi connectivity index (χ2n) is 3.93. The van der Waals surface area contributed by atoms with Gasteiger partial charge in [0.1, 0.15) is 11.6 Å². The Labute approximate surface area is 100 Å². The van der Waals surface area contributed by atoms with Gasteiger partial charge in [-0.2, -0.15) is 0 Å². The van der Waals surface area contributed by atoms with E-state index in [4.69, 9.17) is 10.5 Å². The largest absolute Gasteiger partial charge is 0.497 e. The molecule has 1 heterocycles. The van der Waals surface area contributed by atoms with Crippen LogP contribution in [-0.2, 0) is 0 Å². The number of aromatic nitrogens is 2. The Hall–Kier alpha value is -2.17. The van der Waals surface area contributed by atoms with Gasteiger partial charge in [0.25, 0.3) is 0 Å². The molecule has 0 aliphatic heterocycles. The first-order chi connectivity index (χ1) is 8.11. The van der Waals surface area contributed by atoms with Gasteiger partial charge in [-0.1, -0.05) is 0 Å². The van der Waals surface area contributed by atoms with E-state index in [-0.39, 0.29) is 0 Å². The Morgan fingerprint density at radius 2 is 1.88 bits per heavy atom. The minimum absolute atomic E-state index is 0.610. The Bertz CT molecular complexity index is 502. The van der Waals surface area contributed by atoms with Crippen molar-refractivity contribution in [2.75, 3.05) is 31.8 Å². The van der Waals surface area contributed by atoms with Crippen LogP contribution in [0.1, 0.15) is 0 Å². The van der Waals surface area contributed by atoms with Gasteiger partial charge in [0.2, 0.25) is 0 Å². The quantitative estimate of drug-likeness (QED) is 0.872. The lowest BCUT2D eigenvalue weighted by Gasteiger charge is -2.07. The third-order valence-electron chi connectivity index (χ3n) is 2.50. The van der Waals surface area contributed by atoms with Crippen LogP contribution in [0.5, 0.6) is 5.75 Å². The van der Waals surface area contributed by atoms with Crippen LogP contribution < -0.4 is 15.4 Å². The summed E-state index contributed by atoms with van der Waals surface area (Å²) >= 11 is 0. The van der Waals surface area contributed by atoms with Crippen molar-refractivity contribution in [3.8, 4) is 11.4 Å². The van der Waals surface area contributed by atoms with Gasteiger partial charge in [-0.15, -0.1) is 5.10 Å². The van der Waals surface area contributed by atoms with E-state index in [1.807, 2.05) is 49.3 Å². The van der Waals surface area contributed by atoms with E-state index < -0.39 is 0 Å². The summed E-state index contributed by atoms with van der Waals surface area (Å²) in [5, 5.41) is 4.41. The van der Waals surface area contributed by atoms with Gasteiger partial charge in [0.15, 0.2) is 5.82 Å². The van der Waals surface area contributed by atoms with Crippen LogP contribution in [0.25, 0.3) is 5.69 Å². The molecule has 1 aromatic carbocycles. The average Bonchev–Trinajstić information content (AvgIpc) is 2.72. The highest BCUT2D eigenvalue weighted by Gasteiger charge is 2.08. The number of ether oxygens (including phenoxy) is 1. The summed E-state index contributed by atoms with van der Waals surface area (Å²) in [7, 11) is 5.50. The van der Waals surface area contributed by atoms with Crippen molar-refractivity contribution in [1.29, 1.82) is 0 Å². The molecule has 0 unspecified atom stereocenters. The van der Waals surface area contributed by atoms with E-state index in [2.05, 4.69) is 5.10 Å². The topological polar surface area (TPSA) is 56.3 Å². The molecule has 0 aliphatic carbocycles. The van der Waals surface area contributed by atoms with Crippen molar-refractivity contribution >= 4 is 11.6 Å². The molecule has 2 rings (SSSR count). The van der Waals surface area contributed by atoms with E-state index in [1.165, 1.54) is 0 Å². The first-order valence-electron chi connectivity index (χ1n) is 5.29. The second kappa shape index (κ2) is 4.37. The SMILES string of the molecule is COc1ccc(-n2nc(N(C)C)cc2N)cc1. The summed E-state index contributed by atoms with van der Waals surface area (Å²) in [5.41, 5.74) is 6.84. The molecule has 17 heavy (non-hydrogen) atoms. The summed E-state index contributed by atoms with van der Waals surface area (Å²) in [4.78, 5) is 1.91. The van der Waals surface area contributed by atoms with Crippen molar-refractivity contribution in [1.82, 2.24) is 9.78 Å². The molecule has 2 aromatic rings. The molecule has 0 atom stereocenters. The maximum absolute atomic E-state index is 5.92. The molecule has 0 spiro atoms. The van der Waals surface area contributed by atoms with Gasteiger partial charge in [0.05, 0.1) is 12.8 Å². The number of hydrogen-bond donors (Lipinski definition) is 1. The van der Waals surface area contributed by atoms with Crippen molar-refractivity contribution in [2.24, 2.45) is 0 Å². The van der Waals surface area contributed by atoms with Crippen molar-refractivity contribution in [2.45, 2.75) is 0 Å². The Morgan fingerprint density at radius 1 is 1.24 bits per heavy atom. The van der Waals surface area contributed by atoms with Crippen LogP contribution in [0.4, 0.5) is 11.6 Å². The molecular weight excluding hydrogens is 216 g/mol. The van der Waals surface area contributed by atoms with Crippen LogP contribution in [0.15, 0.2) is 30.3 Å². The second-order valence-corrected chi connectivity index (χ2v) is 3.93. The van der Waals surface area contributed by atoms with Gasteiger partial charge < -0.3 is 15.4 Å². The molecule has 1 aromatic heterocycles. The molecule has 2 N–H and O–H groups in total. The Balaban J connectivity index is 2.38. The normalized spacial score (nSPS) is 10.3. The Morgan fingerprint density at radius 3 is 2.35 bits per heavy atom. The van der Waals surface area contributed by atoms with Gasteiger partial charge in [-0.3, -0.25) is 0 Å². The number of hydrogen-bond acceptors (Lipinski definition) is 4. The van der Waals surface area contributed by atoms with Gasteiger partial charge >= 0.3 is 0 Å². The molecule has 0 aliphatic rings. The number of rotatable bonds is 3. The molecule has 0 radical (unpaired) electrons. The lowest BCUT2D eigenvalue weighted by atomic mass is 10.3. The highest BCUT2D eigenvalue weighted by molar-refractivity contribution is 5.52. The summed E-state index contributed by atoms with van der Waals surface area (Å²) in [6.07, 6.45) is 0. The minimum Gasteiger partial charge on any atom is -0.497 e. The predicted molar refractivity (Wildman–Crippen MR) is 68.9 cm³/mol. The predicted octanol–water partition coefficient (Wildman–Crippen LogP) is 1.53. The van der Waals surface area contributed by atoms with E-state index in [0.29, 0.717) is 5.82 Å². The summed E-state index contributed by atoms with van der Waals surface area (Å²) in [6, 6.07) is 9.44. The summed E-state index contributed by atoms with van der Waals surface area (Å²) in [6.45, 7) is 0. The highest BCUT2D eigenvalue weighted by atomic mass is 16.5. The fourth-order valence-corrected chi connectivity index (χ4v) is 1.53. The molecule has 90 valence electrons. The third kappa shape index (κ3) is 2.18. The molecule has 5 nitrogen and oxygen atoms in total. The van der Waals surface area contributed by atoms with Gasteiger partial charge in [0, 0.05) is 20.2 Å². The fourth-order valence-electron chi connectivity index (χ4n) is 1.53. The van der Waals surface area contributed by atoms with E-state index >= 15 is 0 Å². The molecule has 0 fully saturated rings. The number of benzene rings is 1. The van der Waals surface area contributed by atoms with Crippen molar-refractivity contribution in [3.05, 3.63) is 30.3 Å².